The van der Waals surface area contributed by atoms with Crippen LogP contribution < -0.4 is 11.1 Å². The van der Waals surface area contributed by atoms with E-state index in [-0.39, 0.29) is 18.2 Å². The van der Waals surface area contributed by atoms with E-state index in [1.807, 2.05) is 0 Å². The number of anilines is 1. The molecule has 7 heteroatoms. The first-order valence-corrected chi connectivity index (χ1v) is 6.57. The van der Waals surface area contributed by atoms with Crippen molar-refractivity contribution in [2.24, 2.45) is 10.9 Å². The molecule has 0 spiro atoms. The predicted octanol–water partition coefficient (Wildman–Crippen LogP) is 2.60. The van der Waals surface area contributed by atoms with Gasteiger partial charge in [-0.05, 0) is 30.3 Å². The first-order valence-electron chi connectivity index (χ1n) is 6.20. The first kappa shape index (κ1) is 14.9. The van der Waals surface area contributed by atoms with Crippen molar-refractivity contribution < 1.29 is 14.4 Å². The second kappa shape index (κ2) is 6.81. The zero-order valence-corrected chi connectivity index (χ0v) is 11.8. The molecule has 0 aliphatic rings. The molecule has 21 heavy (non-hydrogen) atoms. The molecule has 1 amide bonds. The number of halogens is 1. The van der Waals surface area contributed by atoms with Crippen LogP contribution in [0.4, 0.5) is 5.69 Å². The van der Waals surface area contributed by atoms with Gasteiger partial charge in [0.1, 0.15) is 5.76 Å². The van der Waals surface area contributed by atoms with E-state index in [0.717, 1.165) is 5.76 Å². The number of nitrogens with one attached hydrogen (secondary N) is 1. The second-order valence-corrected chi connectivity index (χ2v) is 4.74. The summed E-state index contributed by atoms with van der Waals surface area (Å²) in [7, 11) is 0. The lowest BCUT2D eigenvalue weighted by Gasteiger charge is -2.10. The van der Waals surface area contributed by atoms with Crippen LogP contribution in [-0.4, -0.2) is 17.0 Å². The van der Waals surface area contributed by atoms with Crippen molar-refractivity contribution in [2.75, 3.05) is 5.32 Å². The summed E-state index contributed by atoms with van der Waals surface area (Å²) in [4.78, 5) is 11.9. The van der Waals surface area contributed by atoms with Gasteiger partial charge in [-0.2, -0.15) is 0 Å². The first-order chi connectivity index (χ1) is 10.1. The molecule has 1 heterocycles. The van der Waals surface area contributed by atoms with E-state index in [0.29, 0.717) is 22.7 Å². The van der Waals surface area contributed by atoms with Gasteiger partial charge in [0, 0.05) is 23.4 Å². The van der Waals surface area contributed by atoms with Gasteiger partial charge >= 0.3 is 0 Å². The number of carbonyl (C=O) groups is 1. The topological polar surface area (TPSA) is 101 Å². The Hall–Kier alpha value is -2.47. The van der Waals surface area contributed by atoms with Crippen molar-refractivity contribution in [3.63, 3.8) is 0 Å². The normalized spacial score (nSPS) is 11.4. The Morgan fingerprint density at radius 2 is 2.24 bits per heavy atom. The molecule has 0 atom stereocenters. The highest BCUT2D eigenvalue weighted by Gasteiger charge is 2.11. The molecule has 0 bridgehead atoms. The van der Waals surface area contributed by atoms with Crippen LogP contribution in [0.25, 0.3) is 0 Å². The molecule has 0 fully saturated rings. The maximum atomic E-state index is 11.9. The zero-order chi connectivity index (χ0) is 15.2. The van der Waals surface area contributed by atoms with Gasteiger partial charge in [0.15, 0.2) is 5.84 Å². The smallest absolute Gasteiger partial charge is 0.224 e. The van der Waals surface area contributed by atoms with Crippen LogP contribution in [0, 0.1) is 0 Å². The SMILES string of the molecule is NC(=NO)c1ccc(Cl)cc1NC(=O)CCc1ccco1. The molecule has 0 radical (unpaired) electrons. The number of amides is 1. The standard InChI is InChI=1S/C14H14ClN3O3/c15-9-3-5-11(14(16)18-20)12(8-9)17-13(19)6-4-10-2-1-7-21-10/h1-3,5,7-8,20H,4,6H2,(H2,16,18)(H,17,19). The molecule has 4 N–H and O–H groups in total. The van der Waals surface area contributed by atoms with E-state index in [9.17, 15) is 4.79 Å². The van der Waals surface area contributed by atoms with Crippen molar-refractivity contribution in [1.29, 1.82) is 0 Å². The van der Waals surface area contributed by atoms with Gasteiger partial charge in [0.25, 0.3) is 0 Å². The third-order valence-electron chi connectivity index (χ3n) is 2.82. The fourth-order valence-electron chi connectivity index (χ4n) is 1.80. The van der Waals surface area contributed by atoms with Crippen LogP contribution in [0.2, 0.25) is 5.02 Å². The average Bonchev–Trinajstić information content (AvgIpc) is 2.98. The maximum absolute atomic E-state index is 11.9. The number of rotatable bonds is 5. The fourth-order valence-corrected chi connectivity index (χ4v) is 1.97. The summed E-state index contributed by atoms with van der Waals surface area (Å²) in [6, 6.07) is 8.27. The molecule has 2 rings (SSSR count). The average molecular weight is 308 g/mol. The molecule has 0 saturated carbocycles. The van der Waals surface area contributed by atoms with Crippen molar-refractivity contribution in [3.05, 3.63) is 52.9 Å². The summed E-state index contributed by atoms with van der Waals surface area (Å²) in [6.45, 7) is 0. The third kappa shape index (κ3) is 4.00. The van der Waals surface area contributed by atoms with Crippen LogP contribution in [0.5, 0.6) is 0 Å². The van der Waals surface area contributed by atoms with Crippen LogP contribution in [0.3, 0.4) is 0 Å². The van der Waals surface area contributed by atoms with Gasteiger partial charge in [0.2, 0.25) is 5.91 Å². The summed E-state index contributed by atoms with van der Waals surface area (Å²) in [5.74, 6) is 0.404. The molecular weight excluding hydrogens is 294 g/mol. The highest BCUT2D eigenvalue weighted by Crippen LogP contribution is 2.21. The summed E-state index contributed by atoms with van der Waals surface area (Å²) in [5, 5.41) is 14.8. The number of carbonyl (C=O) groups excluding carboxylic acids is 1. The number of nitrogens with zero attached hydrogens (tertiary/aromatic N) is 1. The van der Waals surface area contributed by atoms with Gasteiger partial charge < -0.3 is 20.7 Å². The lowest BCUT2D eigenvalue weighted by molar-refractivity contribution is -0.116. The second-order valence-electron chi connectivity index (χ2n) is 4.30. The van der Waals surface area contributed by atoms with Crippen LogP contribution in [-0.2, 0) is 11.2 Å². The summed E-state index contributed by atoms with van der Waals surface area (Å²) < 4.78 is 5.16. The molecule has 110 valence electrons. The molecule has 1 aromatic heterocycles. The minimum absolute atomic E-state index is 0.104. The van der Waals surface area contributed by atoms with E-state index in [1.54, 1.807) is 36.6 Å². The summed E-state index contributed by atoms with van der Waals surface area (Å²) in [6.07, 6.45) is 2.29. The number of hydrogen-bond acceptors (Lipinski definition) is 4. The monoisotopic (exact) mass is 307 g/mol. The molecule has 0 aliphatic carbocycles. The Balaban J connectivity index is 2.07. The molecule has 0 saturated heterocycles. The minimum Gasteiger partial charge on any atom is -0.469 e. The summed E-state index contributed by atoms with van der Waals surface area (Å²) in [5.41, 5.74) is 6.35. The molecule has 2 aromatic rings. The Morgan fingerprint density at radius 3 is 2.90 bits per heavy atom. The van der Waals surface area contributed by atoms with Crippen LogP contribution >= 0.6 is 11.6 Å². The highest BCUT2D eigenvalue weighted by molar-refractivity contribution is 6.31. The van der Waals surface area contributed by atoms with E-state index < -0.39 is 0 Å². The van der Waals surface area contributed by atoms with Crippen molar-refractivity contribution in [3.8, 4) is 0 Å². The Morgan fingerprint density at radius 1 is 1.43 bits per heavy atom. The van der Waals surface area contributed by atoms with Gasteiger partial charge in [0.05, 0.1) is 12.0 Å². The largest absolute Gasteiger partial charge is 0.469 e. The van der Waals surface area contributed by atoms with E-state index in [1.165, 1.54) is 0 Å². The highest BCUT2D eigenvalue weighted by atomic mass is 35.5. The third-order valence-corrected chi connectivity index (χ3v) is 3.05. The van der Waals surface area contributed by atoms with Crippen molar-refractivity contribution in [2.45, 2.75) is 12.8 Å². The van der Waals surface area contributed by atoms with Gasteiger partial charge in [-0.3, -0.25) is 4.79 Å². The van der Waals surface area contributed by atoms with Crippen molar-refractivity contribution >= 4 is 29.0 Å². The number of nitrogens with two attached hydrogens (primary N) is 1. The molecule has 0 aliphatic heterocycles. The quantitative estimate of drug-likeness (QED) is 0.342. The Kier molecular flexibility index (Phi) is 4.84. The van der Waals surface area contributed by atoms with E-state index in [4.69, 9.17) is 27.0 Å². The lowest BCUT2D eigenvalue weighted by atomic mass is 10.1. The Bertz CT molecular complexity index is 653. The number of amidine groups is 1. The van der Waals surface area contributed by atoms with Gasteiger partial charge in [-0.25, -0.2) is 0 Å². The summed E-state index contributed by atoms with van der Waals surface area (Å²) >= 11 is 5.90. The molecule has 6 nitrogen and oxygen atoms in total. The number of benzene rings is 1. The fraction of sp³-hybridized carbons (Fsp3) is 0.143. The number of oxime groups is 1. The van der Waals surface area contributed by atoms with Gasteiger partial charge in [-0.15, -0.1) is 0 Å². The lowest BCUT2D eigenvalue weighted by Crippen LogP contribution is -2.19. The number of hydrogen-bond donors (Lipinski definition) is 3. The van der Waals surface area contributed by atoms with Crippen LogP contribution in [0.1, 0.15) is 17.7 Å². The van der Waals surface area contributed by atoms with E-state index in [2.05, 4.69) is 10.5 Å². The molecule has 1 aromatic carbocycles. The number of furan rings is 1. The van der Waals surface area contributed by atoms with Gasteiger partial charge in [-0.1, -0.05) is 16.8 Å². The van der Waals surface area contributed by atoms with E-state index >= 15 is 0 Å². The van der Waals surface area contributed by atoms with Crippen molar-refractivity contribution in [1.82, 2.24) is 0 Å². The molecular formula is C14H14ClN3O3. The van der Waals surface area contributed by atoms with Crippen LogP contribution in [0.15, 0.2) is 46.2 Å². The Labute approximate surface area is 126 Å². The predicted molar refractivity (Wildman–Crippen MR) is 79.6 cm³/mol. The minimum atomic E-state index is -0.222. The molecule has 0 unspecified atom stereocenters. The zero-order valence-electron chi connectivity index (χ0n) is 11.0. The maximum Gasteiger partial charge on any atom is 0.224 e. The number of aryl methyl sites for hydroxylation is 1.